The van der Waals surface area contributed by atoms with Crippen LogP contribution in [0.1, 0.15) is 30.9 Å². The van der Waals surface area contributed by atoms with E-state index in [0.717, 1.165) is 24.5 Å². The highest BCUT2D eigenvalue weighted by molar-refractivity contribution is 7.89. The van der Waals surface area contributed by atoms with Crippen LogP contribution in [0.4, 0.5) is 8.78 Å². The van der Waals surface area contributed by atoms with Gasteiger partial charge in [0, 0.05) is 6.54 Å². The first-order valence-electron chi connectivity index (χ1n) is 10.2. The van der Waals surface area contributed by atoms with Crippen LogP contribution in [0.2, 0.25) is 0 Å². The lowest BCUT2D eigenvalue weighted by Crippen LogP contribution is -2.34. The summed E-state index contributed by atoms with van der Waals surface area (Å²) in [7, 11) is -2.57. The van der Waals surface area contributed by atoms with Gasteiger partial charge in [0.05, 0.1) is 24.5 Å². The van der Waals surface area contributed by atoms with Crippen molar-refractivity contribution in [1.29, 1.82) is 0 Å². The van der Waals surface area contributed by atoms with E-state index in [9.17, 15) is 26.8 Å². The maximum Gasteiger partial charge on any atom is 0.307 e. The van der Waals surface area contributed by atoms with Gasteiger partial charge in [-0.05, 0) is 54.7 Å². The molecule has 0 radical (unpaired) electrons. The molecule has 0 aliphatic heterocycles. The van der Waals surface area contributed by atoms with Gasteiger partial charge in [0.25, 0.3) is 5.91 Å². The van der Waals surface area contributed by atoms with E-state index in [0.29, 0.717) is 23.8 Å². The molecule has 1 fully saturated rings. The lowest BCUT2D eigenvalue weighted by molar-refractivity contribution is -0.148. The highest BCUT2D eigenvalue weighted by atomic mass is 32.2. The first kappa shape index (κ1) is 24.6. The summed E-state index contributed by atoms with van der Waals surface area (Å²) in [5, 5.41) is 2.87. The topological polar surface area (TPSA) is 111 Å². The zero-order chi connectivity index (χ0) is 24.0. The molecule has 0 saturated heterocycles. The standard InChI is InChI=1S/C22H24F2N2O6S/c1-31-16-6-4-15(5-7-16)22(14-2-3-14)26-20(27)13-32-21(28)10-11-25-33(29,30)17-8-9-18(23)19(24)12-17/h4-9,12,14,22,25H,2-3,10-11,13H2,1H3,(H,26,27). The van der Waals surface area contributed by atoms with E-state index in [2.05, 4.69) is 10.0 Å². The van der Waals surface area contributed by atoms with Crippen LogP contribution < -0.4 is 14.8 Å². The maximum absolute atomic E-state index is 13.2. The molecule has 33 heavy (non-hydrogen) atoms. The van der Waals surface area contributed by atoms with E-state index in [-0.39, 0.29) is 19.0 Å². The Morgan fingerprint density at radius 3 is 2.39 bits per heavy atom. The molecule has 11 heteroatoms. The molecule has 2 aromatic carbocycles. The third-order valence-corrected chi connectivity index (χ3v) is 6.53. The zero-order valence-corrected chi connectivity index (χ0v) is 18.7. The Labute approximate surface area is 190 Å². The van der Waals surface area contributed by atoms with E-state index in [1.165, 1.54) is 0 Å². The fourth-order valence-corrected chi connectivity index (χ4v) is 4.21. The van der Waals surface area contributed by atoms with Crippen molar-refractivity contribution in [2.75, 3.05) is 20.3 Å². The number of esters is 1. The SMILES string of the molecule is COc1ccc(C(NC(=O)COC(=O)CCNS(=O)(=O)c2ccc(F)c(F)c2)C2CC2)cc1. The van der Waals surface area contributed by atoms with E-state index in [1.807, 2.05) is 12.1 Å². The second-order valence-corrected chi connectivity index (χ2v) is 9.31. The third-order valence-electron chi connectivity index (χ3n) is 5.07. The number of carbonyl (C=O) groups excluding carboxylic acids is 2. The molecule has 2 N–H and O–H groups in total. The molecule has 3 rings (SSSR count). The smallest absolute Gasteiger partial charge is 0.307 e. The largest absolute Gasteiger partial charge is 0.497 e. The molecular weight excluding hydrogens is 458 g/mol. The van der Waals surface area contributed by atoms with Crippen molar-refractivity contribution in [3.05, 3.63) is 59.7 Å². The quantitative estimate of drug-likeness (QED) is 0.476. The number of sulfonamides is 1. The van der Waals surface area contributed by atoms with Gasteiger partial charge in [-0.1, -0.05) is 12.1 Å². The third kappa shape index (κ3) is 6.96. The molecule has 1 atom stereocenters. The van der Waals surface area contributed by atoms with Crippen molar-refractivity contribution in [3.8, 4) is 5.75 Å². The van der Waals surface area contributed by atoms with Crippen molar-refractivity contribution in [2.45, 2.75) is 30.2 Å². The van der Waals surface area contributed by atoms with Gasteiger partial charge in [0.15, 0.2) is 18.2 Å². The number of hydrogen-bond donors (Lipinski definition) is 2. The summed E-state index contributed by atoms with van der Waals surface area (Å²) in [5.74, 6) is -2.73. The number of rotatable bonds is 11. The molecule has 8 nitrogen and oxygen atoms in total. The summed E-state index contributed by atoms with van der Waals surface area (Å²) in [6, 6.07) is 9.28. The highest BCUT2D eigenvalue weighted by Gasteiger charge is 2.33. The summed E-state index contributed by atoms with van der Waals surface area (Å²) < 4.78 is 62.5. The van der Waals surface area contributed by atoms with Crippen LogP contribution >= 0.6 is 0 Å². The minimum Gasteiger partial charge on any atom is -0.497 e. The predicted octanol–water partition coefficient (Wildman–Crippen LogP) is 2.45. The minimum atomic E-state index is -4.13. The van der Waals surface area contributed by atoms with Gasteiger partial charge in [-0.3, -0.25) is 9.59 Å². The van der Waals surface area contributed by atoms with Crippen LogP contribution in [-0.2, 0) is 24.3 Å². The number of halogens is 2. The number of methoxy groups -OCH3 is 1. The van der Waals surface area contributed by atoms with Crippen LogP contribution in [0.5, 0.6) is 5.75 Å². The molecule has 1 amide bonds. The molecular formula is C22H24F2N2O6S. The van der Waals surface area contributed by atoms with Gasteiger partial charge in [0.2, 0.25) is 10.0 Å². The summed E-state index contributed by atoms with van der Waals surface area (Å²) in [6.45, 7) is -0.841. The van der Waals surface area contributed by atoms with Crippen molar-refractivity contribution >= 4 is 21.9 Å². The normalized spacial score (nSPS) is 14.4. The highest BCUT2D eigenvalue weighted by Crippen LogP contribution is 2.41. The van der Waals surface area contributed by atoms with Crippen LogP contribution in [0.25, 0.3) is 0 Å². The fraction of sp³-hybridized carbons (Fsp3) is 0.364. The number of nitrogens with one attached hydrogen (secondary N) is 2. The Balaban J connectivity index is 1.44. The Morgan fingerprint density at radius 1 is 1.09 bits per heavy atom. The second-order valence-electron chi connectivity index (χ2n) is 7.54. The lowest BCUT2D eigenvalue weighted by atomic mass is 10.0. The summed E-state index contributed by atoms with van der Waals surface area (Å²) in [4.78, 5) is 23.7. The van der Waals surface area contributed by atoms with Gasteiger partial charge in [0.1, 0.15) is 5.75 Å². The van der Waals surface area contributed by atoms with E-state index >= 15 is 0 Å². The van der Waals surface area contributed by atoms with Gasteiger partial charge in [-0.2, -0.15) is 0 Å². The van der Waals surface area contributed by atoms with Crippen LogP contribution in [0.15, 0.2) is 47.4 Å². The average molecular weight is 483 g/mol. The monoisotopic (exact) mass is 482 g/mol. The van der Waals surface area contributed by atoms with E-state index in [4.69, 9.17) is 9.47 Å². The van der Waals surface area contributed by atoms with Gasteiger partial charge >= 0.3 is 5.97 Å². The van der Waals surface area contributed by atoms with Gasteiger partial charge in [-0.25, -0.2) is 21.9 Å². The summed E-state index contributed by atoms with van der Waals surface area (Å²) in [6.07, 6.45) is 1.62. The Morgan fingerprint density at radius 2 is 1.79 bits per heavy atom. The average Bonchev–Trinajstić information content (AvgIpc) is 3.63. The van der Waals surface area contributed by atoms with Crippen molar-refractivity contribution in [2.24, 2.45) is 5.92 Å². The van der Waals surface area contributed by atoms with Crippen molar-refractivity contribution in [1.82, 2.24) is 10.0 Å². The number of carbonyl (C=O) groups is 2. The molecule has 0 aromatic heterocycles. The number of ether oxygens (including phenoxy) is 2. The van der Waals surface area contributed by atoms with Crippen LogP contribution in [-0.4, -0.2) is 40.6 Å². The molecule has 1 saturated carbocycles. The zero-order valence-electron chi connectivity index (χ0n) is 17.8. The summed E-state index contributed by atoms with van der Waals surface area (Å²) in [5.41, 5.74) is 0.921. The molecule has 1 unspecified atom stereocenters. The first-order valence-corrected chi connectivity index (χ1v) is 11.7. The van der Waals surface area contributed by atoms with E-state index < -0.39 is 45.0 Å². The minimum absolute atomic E-state index is 0.204. The predicted molar refractivity (Wildman–Crippen MR) is 114 cm³/mol. The number of benzene rings is 2. The Bertz CT molecular complexity index is 1100. The maximum atomic E-state index is 13.2. The van der Waals surface area contributed by atoms with Crippen molar-refractivity contribution in [3.63, 3.8) is 0 Å². The van der Waals surface area contributed by atoms with Crippen molar-refractivity contribution < 1.29 is 36.3 Å². The van der Waals surface area contributed by atoms with Gasteiger partial charge < -0.3 is 14.8 Å². The Kier molecular flexibility index (Phi) is 7.98. The van der Waals surface area contributed by atoms with E-state index in [1.54, 1.807) is 19.2 Å². The van der Waals surface area contributed by atoms with Gasteiger partial charge in [-0.15, -0.1) is 0 Å². The van der Waals surface area contributed by atoms with Crippen LogP contribution in [0.3, 0.4) is 0 Å². The molecule has 0 bridgehead atoms. The number of hydrogen-bond acceptors (Lipinski definition) is 6. The lowest BCUT2D eigenvalue weighted by Gasteiger charge is -2.19. The molecule has 2 aromatic rings. The summed E-state index contributed by atoms with van der Waals surface area (Å²) >= 11 is 0. The Hall–Kier alpha value is -3.05. The first-order chi connectivity index (χ1) is 15.7. The molecule has 0 spiro atoms. The molecule has 1 aliphatic carbocycles. The molecule has 1 aliphatic rings. The fourth-order valence-electron chi connectivity index (χ4n) is 3.16. The molecule has 0 heterocycles. The number of amides is 1. The van der Waals surface area contributed by atoms with Crippen LogP contribution in [0, 0.1) is 17.6 Å². The second kappa shape index (κ2) is 10.7. The molecule has 178 valence electrons.